The molecule has 0 saturated carbocycles. The van der Waals surface area contributed by atoms with Gasteiger partial charge in [0.25, 0.3) is 0 Å². The number of hydrogen-bond acceptors (Lipinski definition) is 1. The second-order valence-electron chi connectivity index (χ2n) is 4.65. The zero-order valence-electron chi connectivity index (χ0n) is 11.3. The van der Waals surface area contributed by atoms with Gasteiger partial charge in [0.1, 0.15) is 0 Å². The minimum Gasteiger partial charge on any atom is -0.337 e. The number of carbonyl (C=O) groups is 1. The second kappa shape index (κ2) is 7.71. The Morgan fingerprint density at radius 3 is 2.00 bits per heavy atom. The van der Waals surface area contributed by atoms with Gasteiger partial charge in [0.15, 0.2) is 0 Å². The van der Waals surface area contributed by atoms with Crippen LogP contribution in [0.5, 0.6) is 0 Å². The topological polar surface area (TPSA) is 20.3 Å². The van der Waals surface area contributed by atoms with E-state index >= 15 is 0 Å². The number of alkyl halides is 1. The Labute approximate surface area is 125 Å². The molecule has 104 valence electrons. The van der Waals surface area contributed by atoms with E-state index in [9.17, 15) is 4.79 Å². The van der Waals surface area contributed by atoms with Crippen LogP contribution >= 0.6 is 11.6 Å². The normalized spacial score (nSPS) is 10.2. The maximum atomic E-state index is 12.4. The van der Waals surface area contributed by atoms with E-state index in [4.69, 9.17) is 11.6 Å². The van der Waals surface area contributed by atoms with E-state index in [0.29, 0.717) is 25.4 Å². The highest BCUT2D eigenvalue weighted by atomic mass is 35.5. The standard InChI is InChI=1S/C17H18ClNO/c18-11-12-19(14-16-9-5-2-6-10-16)17(20)13-15-7-3-1-4-8-15/h1-10H,11-14H2. The molecule has 0 atom stereocenters. The minimum atomic E-state index is 0.112. The van der Waals surface area contributed by atoms with Crippen LogP contribution < -0.4 is 0 Å². The zero-order chi connectivity index (χ0) is 14.2. The van der Waals surface area contributed by atoms with Gasteiger partial charge in [-0.15, -0.1) is 11.6 Å². The summed E-state index contributed by atoms with van der Waals surface area (Å²) < 4.78 is 0. The van der Waals surface area contributed by atoms with Gasteiger partial charge in [0.05, 0.1) is 6.42 Å². The molecule has 0 fully saturated rings. The largest absolute Gasteiger partial charge is 0.337 e. The average molecular weight is 288 g/mol. The molecule has 0 aliphatic rings. The van der Waals surface area contributed by atoms with Crippen LogP contribution in [0.1, 0.15) is 11.1 Å². The lowest BCUT2D eigenvalue weighted by Crippen LogP contribution is -2.33. The molecule has 2 aromatic rings. The first-order valence-corrected chi connectivity index (χ1v) is 7.24. The third-order valence-electron chi connectivity index (χ3n) is 3.12. The first-order valence-electron chi connectivity index (χ1n) is 6.71. The lowest BCUT2D eigenvalue weighted by Gasteiger charge is -2.22. The van der Waals surface area contributed by atoms with Crippen LogP contribution in [-0.2, 0) is 17.8 Å². The van der Waals surface area contributed by atoms with Crippen LogP contribution in [0, 0.1) is 0 Å². The van der Waals surface area contributed by atoms with Crippen LogP contribution in [0.25, 0.3) is 0 Å². The van der Waals surface area contributed by atoms with Gasteiger partial charge < -0.3 is 4.90 Å². The van der Waals surface area contributed by atoms with Crippen LogP contribution in [0.4, 0.5) is 0 Å². The highest BCUT2D eigenvalue weighted by Gasteiger charge is 2.13. The molecule has 0 N–H and O–H groups in total. The maximum absolute atomic E-state index is 12.4. The molecule has 2 nitrogen and oxygen atoms in total. The number of halogens is 1. The van der Waals surface area contributed by atoms with Gasteiger partial charge in [0, 0.05) is 19.0 Å². The lowest BCUT2D eigenvalue weighted by atomic mass is 10.1. The Bertz CT molecular complexity index is 527. The molecule has 0 aliphatic heterocycles. The molecular formula is C17H18ClNO. The van der Waals surface area contributed by atoms with Crippen molar-refractivity contribution in [3.8, 4) is 0 Å². The van der Waals surface area contributed by atoms with E-state index in [1.807, 2.05) is 65.6 Å². The summed E-state index contributed by atoms with van der Waals surface area (Å²) in [5.41, 5.74) is 2.16. The fourth-order valence-corrected chi connectivity index (χ4v) is 2.28. The highest BCUT2D eigenvalue weighted by Crippen LogP contribution is 2.08. The predicted molar refractivity (Wildman–Crippen MR) is 82.7 cm³/mol. The summed E-state index contributed by atoms with van der Waals surface area (Å²) in [6.45, 7) is 1.18. The van der Waals surface area contributed by atoms with Gasteiger partial charge in [-0.3, -0.25) is 4.79 Å². The molecule has 0 aromatic heterocycles. The molecule has 0 bridgehead atoms. The minimum absolute atomic E-state index is 0.112. The zero-order valence-corrected chi connectivity index (χ0v) is 12.1. The average Bonchev–Trinajstić information content (AvgIpc) is 2.49. The highest BCUT2D eigenvalue weighted by molar-refractivity contribution is 6.18. The molecule has 1 amide bonds. The van der Waals surface area contributed by atoms with Crippen LogP contribution in [0.2, 0.25) is 0 Å². The third kappa shape index (κ3) is 4.39. The second-order valence-corrected chi connectivity index (χ2v) is 5.03. The van der Waals surface area contributed by atoms with Gasteiger partial charge in [-0.2, -0.15) is 0 Å². The van der Waals surface area contributed by atoms with Crippen LogP contribution in [-0.4, -0.2) is 23.2 Å². The number of benzene rings is 2. The number of nitrogens with zero attached hydrogens (tertiary/aromatic N) is 1. The Morgan fingerprint density at radius 2 is 1.45 bits per heavy atom. The summed E-state index contributed by atoms with van der Waals surface area (Å²) in [6, 6.07) is 19.8. The van der Waals surface area contributed by atoms with Crippen molar-refractivity contribution >= 4 is 17.5 Å². The van der Waals surface area contributed by atoms with Crippen molar-refractivity contribution in [3.63, 3.8) is 0 Å². The lowest BCUT2D eigenvalue weighted by molar-refractivity contribution is -0.130. The summed E-state index contributed by atoms with van der Waals surface area (Å²) in [4.78, 5) is 14.2. The van der Waals surface area contributed by atoms with Crippen molar-refractivity contribution in [1.82, 2.24) is 4.90 Å². The van der Waals surface area contributed by atoms with E-state index < -0.39 is 0 Å². The van der Waals surface area contributed by atoms with Crippen molar-refractivity contribution in [3.05, 3.63) is 71.8 Å². The number of carbonyl (C=O) groups excluding carboxylic acids is 1. The van der Waals surface area contributed by atoms with Gasteiger partial charge in [-0.25, -0.2) is 0 Å². The van der Waals surface area contributed by atoms with Crippen molar-refractivity contribution in [1.29, 1.82) is 0 Å². The van der Waals surface area contributed by atoms with Crippen molar-refractivity contribution in [2.45, 2.75) is 13.0 Å². The van der Waals surface area contributed by atoms with Gasteiger partial charge >= 0.3 is 0 Å². The molecule has 0 radical (unpaired) electrons. The maximum Gasteiger partial charge on any atom is 0.227 e. The fraction of sp³-hybridized carbons (Fsp3) is 0.235. The van der Waals surface area contributed by atoms with Crippen molar-refractivity contribution in [2.24, 2.45) is 0 Å². The quantitative estimate of drug-likeness (QED) is 0.745. The van der Waals surface area contributed by atoms with E-state index in [1.165, 1.54) is 0 Å². The fourth-order valence-electron chi connectivity index (χ4n) is 2.08. The van der Waals surface area contributed by atoms with Crippen LogP contribution in [0.15, 0.2) is 60.7 Å². The third-order valence-corrected chi connectivity index (χ3v) is 3.29. The first kappa shape index (κ1) is 14.6. The summed E-state index contributed by atoms with van der Waals surface area (Å²) in [6.07, 6.45) is 0.421. The predicted octanol–water partition coefficient (Wildman–Crippen LogP) is 3.50. The van der Waals surface area contributed by atoms with E-state index in [0.717, 1.165) is 11.1 Å². The first-order chi connectivity index (χ1) is 9.79. The van der Waals surface area contributed by atoms with Gasteiger partial charge in [-0.05, 0) is 11.1 Å². The van der Waals surface area contributed by atoms with E-state index in [-0.39, 0.29) is 5.91 Å². The Kier molecular flexibility index (Phi) is 5.63. The van der Waals surface area contributed by atoms with Crippen LogP contribution in [0.3, 0.4) is 0 Å². The summed E-state index contributed by atoms with van der Waals surface area (Å²) in [7, 11) is 0. The molecule has 2 aromatic carbocycles. The monoisotopic (exact) mass is 287 g/mol. The SMILES string of the molecule is O=C(Cc1ccccc1)N(CCCl)Cc1ccccc1. The smallest absolute Gasteiger partial charge is 0.227 e. The van der Waals surface area contributed by atoms with Crippen molar-refractivity contribution in [2.75, 3.05) is 12.4 Å². The number of amides is 1. The Balaban J connectivity index is 2.02. The molecule has 0 saturated heterocycles. The van der Waals surface area contributed by atoms with Gasteiger partial charge in [-0.1, -0.05) is 60.7 Å². The summed E-state index contributed by atoms with van der Waals surface area (Å²) in [5.74, 6) is 0.564. The molecule has 0 unspecified atom stereocenters. The van der Waals surface area contributed by atoms with Gasteiger partial charge in [0.2, 0.25) is 5.91 Å². The molecule has 20 heavy (non-hydrogen) atoms. The molecule has 0 spiro atoms. The molecular weight excluding hydrogens is 270 g/mol. The molecule has 2 rings (SSSR count). The Morgan fingerprint density at radius 1 is 0.900 bits per heavy atom. The molecule has 0 aliphatic carbocycles. The number of rotatable bonds is 6. The number of hydrogen-bond donors (Lipinski definition) is 0. The van der Waals surface area contributed by atoms with E-state index in [1.54, 1.807) is 0 Å². The summed E-state index contributed by atoms with van der Waals surface area (Å²) >= 11 is 5.82. The van der Waals surface area contributed by atoms with E-state index in [2.05, 4.69) is 0 Å². The summed E-state index contributed by atoms with van der Waals surface area (Å²) in [5, 5.41) is 0. The van der Waals surface area contributed by atoms with Crippen molar-refractivity contribution < 1.29 is 4.79 Å². The molecule has 3 heteroatoms. The molecule has 0 heterocycles. The Hall–Kier alpha value is -1.80.